The van der Waals surface area contributed by atoms with Gasteiger partial charge < -0.3 is 10.4 Å². The van der Waals surface area contributed by atoms with Gasteiger partial charge in [-0.1, -0.05) is 0 Å². The van der Waals surface area contributed by atoms with Crippen LogP contribution in [0.15, 0.2) is 18.6 Å². The standard InChI is InChI=1S/C15H21N7O2/c1-2-16-15-17-4-10(5-18-15)7-22-8-11(3-14(23)24)12(9-22)13-6-19-21-20-13/h4-6,11-12H,2-3,7-9H2,1H3,(H,23,24)(H,16,17,18)(H,19,20,21)/t11-,12+/m1/s1. The number of hydrogen-bond donors (Lipinski definition) is 3. The van der Waals surface area contributed by atoms with Gasteiger partial charge in [0.2, 0.25) is 5.95 Å². The molecule has 2 aromatic heterocycles. The first kappa shape index (κ1) is 16.3. The monoisotopic (exact) mass is 331 g/mol. The fourth-order valence-electron chi connectivity index (χ4n) is 3.19. The van der Waals surface area contributed by atoms with E-state index >= 15 is 0 Å². The second kappa shape index (κ2) is 7.35. The van der Waals surface area contributed by atoms with Crippen molar-refractivity contribution in [3.8, 4) is 0 Å². The van der Waals surface area contributed by atoms with Gasteiger partial charge in [0.05, 0.1) is 18.3 Å². The van der Waals surface area contributed by atoms with Crippen molar-refractivity contribution < 1.29 is 9.90 Å². The molecule has 0 unspecified atom stereocenters. The molecule has 1 aliphatic rings. The highest BCUT2D eigenvalue weighted by molar-refractivity contribution is 5.67. The number of likely N-dealkylation sites (tertiary alicyclic amines) is 1. The Morgan fingerprint density at radius 2 is 2.17 bits per heavy atom. The van der Waals surface area contributed by atoms with Gasteiger partial charge in [0, 0.05) is 50.1 Å². The maximum Gasteiger partial charge on any atom is 0.303 e. The van der Waals surface area contributed by atoms with E-state index in [-0.39, 0.29) is 18.3 Å². The minimum Gasteiger partial charge on any atom is -0.481 e. The first-order valence-corrected chi connectivity index (χ1v) is 8.00. The molecule has 2 atom stereocenters. The van der Waals surface area contributed by atoms with Crippen molar-refractivity contribution in [2.24, 2.45) is 5.92 Å². The highest BCUT2D eigenvalue weighted by Gasteiger charge is 2.36. The second-order valence-electron chi connectivity index (χ2n) is 6.00. The van der Waals surface area contributed by atoms with Crippen LogP contribution in [0.5, 0.6) is 0 Å². The number of rotatable bonds is 7. The van der Waals surface area contributed by atoms with E-state index in [9.17, 15) is 4.79 Å². The van der Waals surface area contributed by atoms with Gasteiger partial charge in [-0.05, 0) is 12.8 Å². The van der Waals surface area contributed by atoms with E-state index in [1.807, 2.05) is 6.92 Å². The maximum atomic E-state index is 11.1. The zero-order valence-corrected chi connectivity index (χ0v) is 13.5. The first-order valence-electron chi connectivity index (χ1n) is 8.00. The summed E-state index contributed by atoms with van der Waals surface area (Å²) in [7, 11) is 0. The fraction of sp³-hybridized carbons (Fsp3) is 0.533. The number of H-pyrrole nitrogens is 1. The number of carboxylic acids is 1. The van der Waals surface area contributed by atoms with Crippen molar-refractivity contribution in [3.05, 3.63) is 29.8 Å². The molecule has 1 aliphatic heterocycles. The van der Waals surface area contributed by atoms with Crippen LogP contribution in [-0.4, -0.2) is 61.0 Å². The molecular weight excluding hydrogens is 310 g/mol. The van der Waals surface area contributed by atoms with Crippen LogP contribution in [0, 0.1) is 5.92 Å². The highest BCUT2D eigenvalue weighted by atomic mass is 16.4. The van der Waals surface area contributed by atoms with Gasteiger partial charge in [-0.15, -0.1) is 0 Å². The van der Waals surface area contributed by atoms with E-state index in [4.69, 9.17) is 5.11 Å². The molecule has 3 heterocycles. The molecule has 9 nitrogen and oxygen atoms in total. The van der Waals surface area contributed by atoms with Crippen molar-refractivity contribution in [1.82, 2.24) is 30.3 Å². The zero-order valence-electron chi connectivity index (χ0n) is 13.5. The van der Waals surface area contributed by atoms with Crippen LogP contribution in [0.25, 0.3) is 0 Å². The van der Waals surface area contributed by atoms with Crippen molar-refractivity contribution in [1.29, 1.82) is 0 Å². The summed E-state index contributed by atoms with van der Waals surface area (Å²) < 4.78 is 0. The van der Waals surface area contributed by atoms with E-state index in [1.165, 1.54) is 0 Å². The third kappa shape index (κ3) is 3.85. The van der Waals surface area contributed by atoms with E-state index in [0.29, 0.717) is 19.0 Å². The Morgan fingerprint density at radius 3 is 2.79 bits per heavy atom. The lowest BCUT2D eigenvalue weighted by molar-refractivity contribution is -0.138. The number of anilines is 1. The van der Waals surface area contributed by atoms with E-state index in [0.717, 1.165) is 24.3 Å². The molecule has 0 radical (unpaired) electrons. The van der Waals surface area contributed by atoms with Gasteiger partial charge in [-0.2, -0.15) is 15.4 Å². The Bertz CT molecular complexity index is 659. The van der Waals surface area contributed by atoms with Crippen LogP contribution < -0.4 is 5.32 Å². The van der Waals surface area contributed by atoms with Crippen LogP contribution in [0.4, 0.5) is 5.95 Å². The van der Waals surface area contributed by atoms with Gasteiger partial charge >= 0.3 is 5.97 Å². The topological polar surface area (TPSA) is 120 Å². The van der Waals surface area contributed by atoms with E-state index in [1.54, 1.807) is 18.6 Å². The highest BCUT2D eigenvalue weighted by Crippen LogP contribution is 2.34. The lowest BCUT2D eigenvalue weighted by atomic mass is 9.91. The normalized spacial score (nSPS) is 21.0. The van der Waals surface area contributed by atoms with Gasteiger partial charge in [0.15, 0.2) is 0 Å². The SMILES string of the molecule is CCNc1ncc(CN2C[C@@H](CC(=O)O)[C@@H](c3cn[nH]n3)C2)cn1. The largest absolute Gasteiger partial charge is 0.481 e. The predicted octanol–water partition coefficient (Wildman–Crippen LogP) is 0.717. The van der Waals surface area contributed by atoms with Crippen LogP contribution in [0.1, 0.15) is 30.5 Å². The molecular formula is C15H21N7O2. The molecule has 3 rings (SSSR count). The number of nitrogens with one attached hydrogen (secondary N) is 2. The van der Waals surface area contributed by atoms with Crippen LogP contribution in [0.3, 0.4) is 0 Å². The third-order valence-electron chi connectivity index (χ3n) is 4.21. The molecule has 0 aromatic carbocycles. The molecule has 0 amide bonds. The summed E-state index contributed by atoms with van der Waals surface area (Å²) in [5, 5.41) is 22.8. The number of carbonyl (C=O) groups is 1. The summed E-state index contributed by atoms with van der Waals surface area (Å²) in [5.41, 5.74) is 1.83. The Hall–Kier alpha value is -2.55. The quantitative estimate of drug-likeness (QED) is 0.679. The van der Waals surface area contributed by atoms with E-state index < -0.39 is 5.97 Å². The van der Waals surface area contributed by atoms with Gasteiger partial charge in [-0.3, -0.25) is 9.69 Å². The van der Waals surface area contributed by atoms with Gasteiger partial charge in [-0.25, -0.2) is 9.97 Å². The predicted molar refractivity (Wildman–Crippen MR) is 86.3 cm³/mol. The smallest absolute Gasteiger partial charge is 0.303 e. The summed E-state index contributed by atoms with van der Waals surface area (Å²) in [5.74, 6) is -0.0723. The minimum atomic E-state index is -0.784. The summed E-state index contributed by atoms with van der Waals surface area (Å²) in [6, 6.07) is 0. The van der Waals surface area contributed by atoms with Crippen molar-refractivity contribution in [2.45, 2.75) is 25.8 Å². The van der Waals surface area contributed by atoms with Crippen LogP contribution in [-0.2, 0) is 11.3 Å². The average molecular weight is 331 g/mol. The van der Waals surface area contributed by atoms with Gasteiger partial charge in [0.1, 0.15) is 0 Å². The lowest BCUT2D eigenvalue weighted by Gasteiger charge is -2.15. The summed E-state index contributed by atoms with van der Waals surface area (Å²) in [6.45, 7) is 4.92. The lowest BCUT2D eigenvalue weighted by Crippen LogP contribution is -2.21. The molecule has 128 valence electrons. The second-order valence-corrected chi connectivity index (χ2v) is 6.00. The third-order valence-corrected chi connectivity index (χ3v) is 4.21. The molecule has 9 heteroatoms. The fourth-order valence-corrected chi connectivity index (χ4v) is 3.19. The Balaban J connectivity index is 1.67. The number of carboxylic acid groups (broad SMARTS) is 1. The molecule has 0 saturated carbocycles. The Kier molecular flexibility index (Phi) is 4.99. The van der Waals surface area contributed by atoms with Crippen molar-refractivity contribution in [2.75, 3.05) is 25.0 Å². The number of aromatic nitrogens is 5. The van der Waals surface area contributed by atoms with Crippen LogP contribution in [0.2, 0.25) is 0 Å². The minimum absolute atomic E-state index is 0.0227. The zero-order chi connectivity index (χ0) is 16.9. The number of nitrogens with zero attached hydrogens (tertiary/aromatic N) is 5. The summed E-state index contributed by atoms with van der Waals surface area (Å²) in [4.78, 5) is 21.9. The molecule has 1 saturated heterocycles. The molecule has 0 spiro atoms. The number of hydrogen-bond acceptors (Lipinski definition) is 7. The molecule has 3 N–H and O–H groups in total. The molecule has 2 aromatic rings. The summed E-state index contributed by atoms with van der Waals surface area (Å²) in [6.07, 6.45) is 5.42. The maximum absolute atomic E-state index is 11.1. The number of aromatic amines is 1. The van der Waals surface area contributed by atoms with Crippen LogP contribution >= 0.6 is 0 Å². The molecule has 1 fully saturated rings. The molecule has 0 aliphatic carbocycles. The average Bonchev–Trinajstić information content (AvgIpc) is 3.19. The molecule has 24 heavy (non-hydrogen) atoms. The first-order chi connectivity index (χ1) is 11.7. The Labute approximate surface area is 139 Å². The van der Waals surface area contributed by atoms with E-state index in [2.05, 4.69) is 35.6 Å². The van der Waals surface area contributed by atoms with Crippen molar-refractivity contribution >= 4 is 11.9 Å². The molecule has 0 bridgehead atoms. The van der Waals surface area contributed by atoms with Gasteiger partial charge in [0.25, 0.3) is 0 Å². The Morgan fingerprint density at radius 1 is 1.38 bits per heavy atom. The summed E-state index contributed by atoms with van der Waals surface area (Å²) >= 11 is 0. The number of aliphatic carboxylic acids is 1. The van der Waals surface area contributed by atoms with Crippen molar-refractivity contribution in [3.63, 3.8) is 0 Å².